The molecule has 2 rings (SSSR count). The number of anilines is 1. The predicted octanol–water partition coefficient (Wildman–Crippen LogP) is 2.19. The second-order valence-corrected chi connectivity index (χ2v) is 5.16. The third-order valence-corrected chi connectivity index (χ3v) is 3.29. The van der Waals surface area contributed by atoms with Crippen LogP contribution in [0.5, 0.6) is 5.88 Å². The molecule has 98 valence electrons. The average molecular weight is 267 g/mol. The van der Waals surface area contributed by atoms with E-state index in [1.807, 2.05) is 13.0 Å². The molecular formula is C12H17N3O2S. The number of aromatic nitrogens is 2. The Balaban J connectivity index is 2.36. The average Bonchev–Trinajstić information content (AvgIpc) is 2.73. The molecule has 0 radical (unpaired) electrons. The molecule has 0 aliphatic heterocycles. The molecule has 0 atom stereocenters. The second-order valence-electron chi connectivity index (χ2n) is 3.93. The van der Waals surface area contributed by atoms with Crippen LogP contribution < -0.4 is 10.1 Å². The minimum Gasteiger partial charge on any atom is -0.475 e. The zero-order valence-electron chi connectivity index (χ0n) is 10.6. The van der Waals surface area contributed by atoms with E-state index < -0.39 is 0 Å². The highest BCUT2D eigenvalue weighted by Crippen LogP contribution is 2.30. The van der Waals surface area contributed by atoms with Crippen LogP contribution in [0, 0.1) is 6.92 Å². The smallest absolute Gasteiger partial charge is 0.227 e. The minimum absolute atomic E-state index is 0.0215. The summed E-state index contributed by atoms with van der Waals surface area (Å²) in [4.78, 5) is 10.9. The second kappa shape index (κ2) is 5.97. The fraction of sp³-hybridized carbons (Fsp3) is 0.500. The number of aryl methyl sites for hydroxylation is 1. The monoisotopic (exact) mass is 267 g/mol. The molecule has 0 amide bonds. The summed E-state index contributed by atoms with van der Waals surface area (Å²) in [6.07, 6.45) is 1.01. The van der Waals surface area contributed by atoms with E-state index in [4.69, 9.17) is 9.84 Å². The lowest BCUT2D eigenvalue weighted by molar-refractivity contribution is 0.198. The number of fused-ring (bicyclic) bond motifs is 1. The van der Waals surface area contributed by atoms with Crippen LogP contribution in [0.4, 0.5) is 5.95 Å². The molecule has 0 saturated carbocycles. The van der Waals surface area contributed by atoms with E-state index in [0.29, 0.717) is 11.8 Å². The Hall–Kier alpha value is -1.40. The standard InChI is InChI=1S/C12H17N3O2S/c1-3-4-13-12-14-10(17-6-5-16)9-7-8(2)18-11(9)15-12/h7,16H,3-6H2,1-2H3,(H,13,14,15). The largest absolute Gasteiger partial charge is 0.475 e. The van der Waals surface area contributed by atoms with Crippen molar-refractivity contribution in [3.05, 3.63) is 10.9 Å². The fourth-order valence-electron chi connectivity index (χ4n) is 1.58. The molecule has 2 aromatic heterocycles. The number of ether oxygens (including phenoxy) is 1. The molecule has 18 heavy (non-hydrogen) atoms. The molecule has 0 bridgehead atoms. The lowest BCUT2D eigenvalue weighted by atomic mass is 10.3. The number of rotatable bonds is 6. The quantitative estimate of drug-likeness (QED) is 0.839. The van der Waals surface area contributed by atoms with Gasteiger partial charge in [-0.25, -0.2) is 4.98 Å². The first-order valence-electron chi connectivity index (χ1n) is 6.00. The van der Waals surface area contributed by atoms with Gasteiger partial charge in [0.15, 0.2) is 0 Å². The van der Waals surface area contributed by atoms with Gasteiger partial charge < -0.3 is 15.2 Å². The first-order valence-corrected chi connectivity index (χ1v) is 6.82. The van der Waals surface area contributed by atoms with Crippen molar-refractivity contribution in [2.24, 2.45) is 0 Å². The third-order valence-electron chi connectivity index (χ3n) is 2.34. The van der Waals surface area contributed by atoms with Gasteiger partial charge in [-0.15, -0.1) is 11.3 Å². The first-order chi connectivity index (χ1) is 8.74. The Bertz CT molecular complexity index is 527. The van der Waals surface area contributed by atoms with Crippen molar-refractivity contribution in [2.45, 2.75) is 20.3 Å². The van der Waals surface area contributed by atoms with E-state index >= 15 is 0 Å². The van der Waals surface area contributed by atoms with E-state index in [1.54, 1.807) is 11.3 Å². The number of aliphatic hydroxyl groups excluding tert-OH is 1. The van der Waals surface area contributed by atoms with Gasteiger partial charge in [-0.2, -0.15) is 4.98 Å². The predicted molar refractivity (Wildman–Crippen MR) is 73.5 cm³/mol. The van der Waals surface area contributed by atoms with Crippen molar-refractivity contribution in [1.82, 2.24) is 9.97 Å². The number of hydrogen-bond donors (Lipinski definition) is 2. The Morgan fingerprint density at radius 2 is 2.28 bits per heavy atom. The molecular weight excluding hydrogens is 250 g/mol. The van der Waals surface area contributed by atoms with E-state index in [0.717, 1.165) is 23.2 Å². The van der Waals surface area contributed by atoms with Crippen molar-refractivity contribution in [1.29, 1.82) is 0 Å². The summed E-state index contributed by atoms with van der Waals surface area (Å²) >= 11 is 1.61. The van der Waals surface area contributed by atoms with Gasteiger partial charge in [-0.05, 0) is 19.4 Å². The minimum atomic E-state index is -0.0215. The van der Waals surface area contributed by atoms with E-state index in [9.17, 15) is 0 Å². The molecule has 2 heterocycles. The zero-order chi connectivity index (χ0) is 13.0. The Labute approximate surface area is 110 Å². The normalized spacial score (nSPS) is 10.8. The highest BCUT2D eigenvalue weighted by molar-refractivity contribution is 7.18. The Morgan fingerprint density at radius 1 is 1.44 bits per heavy atom. The highest BCUT2D eigenvalue weighted by Gasteiger charge is 2.11. The molecule has 0 saturated heterocycles. The number of nitrogens with zero attached hydrogens (tertiary/aromatic N) is 2. The topological polar surface area (TPSA) is 67.3 Å². The van der Waals surface area contributed by atoms with E-state index in [2.05, 4.69) is 22.2 Å². The van der Waals surface area contributed by atoms with Crippen molar-refractivity contribution in [3.8, 4) is 5.88 Å². The third kappa shape index (κ3) is 2.88. The lowest BCUT2D eigenvalue weighted by Crippen LogP contribution is -2.08. The van der Waals surface area contributed by atoms with Crippen LogP contribution >= 0.6 is 11.3 Å². The molecule has 0 aromatic carbocycles. The highest BCUT2D eigenvalue weighted by atomic mass is 32.1. The molecule has 0 aliphatic carbocycles. The summed E-state index contributed by atoms with van der Waals surface area (Å²) in [5, 5.41) is 12.9. The van der Waals surface area contributed by atoms with E-state index in [1.165, 1.54) is 4.88 Å². The van der Waals surface area contributed by atoms with Gasteiger partial charge in [-0.1, -0.05) is 6.92 Å². The maximum Gasteiger partial charge on any atom is 0.227 e. The molecule has 0 aliphatic rings. The van der Waals surface area contributed by atoms with Gasteiger partial charge in [0.2, 0.25) is 11.8 Å². The number of thiophene rings is 1. The first kappa shape index (κ1) is 13.0. The molecule has 6 heteroatoms. The van der Waals surface area contributed by atoms with Gasteiger partial charge >= 0.3 is 0 Å². The van der Waals surface area contributed by atoms with Crippen LogP contribution in [0.2, 0.25) is 0 Å². The number of nitrogens with one attached hydrogen (secondary N) is 1. The maximum absolute atomic E-state index is 8.83. The summed E-state index contributed by atoms with van der Waals surface area (Å²) in [6.45, 7) is 5.17. The van der Waals surface area contributed by atoms with Crippen LogP contribution in [0.3, 0.4) is 0 Å². The van der Waals surface area contributed by atoms with Gasteiger partial charge in [-0.3, -0.25) is 0 Å². The Morgan fingerprint density at radius 3 is 3.00 bits per heavy atom. The Kier molecular flexibility index (Phi) is 4.33. The summed E-state index contributed by atoms with van der Waals surface area (Å²) < 4.78 is 5.47. The number of hydrogen-bond acceptors (Lipinski definition) is 6. The SMILES string of the molecule is CCCNc1nc(OCCO)c2cc(C)sc2n1. The van der Waals surface area contributed by atoms with Crippen LogP contribution in [0.1, 0.15) is 18.2 Å². The molecule has 0 fully saturated rings. The summed E-state index contributed by atoms with van der Waals surface area (Å²) in [7, 11) is 0. The van der Waals surface area contributed by atoms with Crippen molar-refractivity contribution in [2.75, 3.05) is 25.1 Å². The molecule has 2 N–H and O–H groups in total. The summed E-state index contributed by atoms with van der Waals surface area (Å²) in [5.74, 6) is 1.12. The zero-order valence-corrected chi connectivity index (χ0v) is 11.4. The fourth-order valence-corrected chi connectivity index (χ4v) is 2.45. The van der Waals surface area contributed by atoms with Gasteiger partial charge in [0.25, 0.3) is 0 Å². The van der Waals surface area contributed by atoms with Gasteiger partial charge in [0.05, 0.1) is 12.0 Å². The van der Waals surface area contributed by atoms with Gasteiger partial charge in [0.1, 0.15) is 11.4 Å². The van der Waals surface area contributed by atoms with Crippen LogP contribution in [0.25, 0.3) is 10.2 Å². The van der Waals surface area contributed by atoms with Crippen LogP contribution in [0.15, 0.2) is 6.07 Å². The summed E-state index contributed by atoms with van der Waals surface area (Å²) in [6, 6.07) is 2.01. The molecule has 5 nitrogen and oxygen atoms in total. The van der Waals surface area contributed by atoms with Crippen LogP contribution in [-0.4, -0.2) is 34.8 Å². The van der Waals surface area contributed by atoms with Crippen molar-refractivity contribution >= 4 is 27.5 Å². The van der Waals surface area contributed by atoms with Crippen molar-refractivity contribution in [3.63, 3.8) is 0 Å². The van der Waals surface area contributed by atoms with Crippen molar-refractivity contribution < 1.29 is 9.84 Å². The summed E-state index contributed by atoms with van der Waals surface area (Å²) in [5.41, 5.74) is 0. The maximum atomic E-state index is 8.83. The number of aliphatic hydroxyl groups is 1. The molecule has 2 aromatic rings. The lowest BCUT2D eigenvalue weighted by Gasteiger charge is -2.07. The molecule has 0 spiro atoms. The van der Waals surface area contributed by atoms with Gasteiger partial charge in [0, 0.05) is 11.4 Å². The van der Waals surface area contributed by atoms with E-state index in [-0.39, 0.29) is 13.2 Å². The van der Waals surface area contributed by atoms with Crippen LogP contribution in [-0.2, 0) is 0 Å². The molecule has 0 unspecified atom stereocenters.